The number of benzene rings is 2. The predicted molar refractivity (Wildman–Crippen MR) is 135 cm³/mol. The molecular formula is C26H26N4O3S. The van der Waals surface area contributed by atoms with Gasteiger partial charge in [0.05, 0.1) is 35.6 Å². The van der Waals surface area contributed by atoms with Gasteiger partial charge in [-0.2, -0.15) is 10.1 Å². The standard InChI is InChI=1S/C26H26N4O3S/c1-18(2)33-22-10-8-19(9-11-22)24-20(17-30(28-24)21-6-4-3-5-7-21)16-23-25(31)27-26(34-23)29-12-14-32-15-13-29/h3-11,16-18H,12-15H2,1-2H3/b23-16-. The summed E-state index contributed by atoms with van der Waals surface area (Å²) in [5, 5.41) is 5.61. The van der Waals surface area contributed by atoms with Gasteiger partial charge in [0, 0.05) is 30.4 Å². The minimum Gasteiger partial charge on any atom is -0.491 e. The number of morpholine rings is 1. The van der Waals surface area contributed by atoms with Crippen molar-refractivity contribution < 1.29 is 14.3 Å². The summed E-state index contributed by atoms with van der Waals surface area (Å²) >= 11 is 1.41. The number of thioether (sulfide) groups is 1. The van der Waals surface area contributed by atoms with Crippen LogP contribution in [0, 0.1) is 0 Å². The van der Waals surface area contributed by atoms with Gasteiger partial charge < -0.3 is 14.4 Å². The van der Waals surface area contributed by atoms with Crippen molar-refractivity contribution in [3.8, 4) is 22.7 Å². The third-order valence-corrected chi connectivity index (χ3v) is 6.48. The zero-order chi connectivity index (χ0) is 23.5. The minimum atomic E-state index is -0.217. The van der Waals surface area contributed by atoms with E-state index >= 15 is 0 Å². The Morgan fingerprint density at radius 2 is 1.79 bits per heavy atom. The van der Waals surface area contributed by atoms with E-state index in [1.165, 1.54) is 11.8 Å². The molecule has 0 unspecified atom stereocenters. The second kappa shape index (κ2) is 9.87. The maximum absolute atomic E-state index is 12.7. The van der Waals surface area contributed by atoms with E-state index in [1.54, 1.807) is 0 Å². The largest absolute Gasteiger partial charge is 0.491 e. The van der Waals surface area contributed by atoms with Crippen molar-refractivity contribution in [2.75, 3.05) is 26.3 Å². The number of aromatic nitrogens is 2. The Kier molecular flexibility index (Phi) is 6.51. The van der Waals surface area contributed by atoms with Crippen LogP contribution in [0.2, 0.25) is 0 Å². The first-order chi connectivity index (χ1) is 16.6. The zero-order valence-electron chi connectivity index (χ0n) is 19.2. The first-order valence-electron chi connectivity index (χ1n) is 11.3. The van der Waals surface area contributed by atoms with Crippen molar-refractivity contribution in [1.82, 2.24) is 14.7 Å². The van der Waals surface area contributed by atoms with E-state index in [2.05, 4.69) is 9.89 Å². The Labute approximate surface area is 203 Å². The van der Waals surface area contributed by atoms with Crippen LogP contribution >= 0.6 is 11.8 Å². The molecule has 2 aliphatic rings. The average Bonchev–Trinajstić information content (AvgIpc) is 3.44. The quantitative estimate of drug-likeness (QED) is 0.503. The number of rotatable bonds is 5. The van der Waals surface area contributed by atoms with Crippen LogP contribution in [0.5, 0.6) is 5.75 Å². The molecule has 0 bridgehead atoms. The van der Waals surface area contributed by atoms with Crippen LogP contribution in [-0.2, 0) is 9.53 Å². The molecular weight excluding hydrogens is 448 g/mol. The molecule has 34 heavy (non-hydrogen) atoms. The Morgan fingerprint density at radius 3 is 2.50 bits per heavy atom. The van der Waals surface area contributed by atoms with Gasteiger partial charge in [-0.3, -0.25) is 4.79 Å². The van der Waals surface area contributed by atoms with Crippen LogP contribution in [0.15, 0.2) is 70.7 Å². The molecule has 0 N–H and O–H groups in total. The molecule has 1 fully saturated rings. The summed E-state index contributed by atoms with van der Waals surface area (Å²) in [6.07, 6.45) is 3.95. The fourth-order valence-electron chi connectivity index (χ4n) is 3.82. The molecule has 2 aliphatic heterocycles. The fourth-order valence-corrected chi connectivity index (χ4v) is 4.78. The molecule has 0 aliphatic carbocycles. The molecule has 0 radical (unpaired) electrons. The summed E-state index contributed by atoms with van der Waals surface area (Å²) in [7, 11) is 0. The van der Waals surface area contributed by atoms with E-state index in [1.807, 2.05) is 85.4 Å². The highest BCUT2D eigenvalue weighted by Crippen LogP contribution is 2.34. The van der Waals surface area contributed by atoms with Crippen molar-refractivity contribution >= 4 is 28.9 Å². The van der Waals surface area contributed by atoms with Gasteiger partial charge in [0.15, 0.2) is 5.17 Å². The lowest BCUT2D eigenvalue weighted by Gasteiger charge is -2.27. The van der Waals surface area contributed by atoms with E-state index in [4.69, 9.17) is 14.6 Å². The third kappa shape index (κ3) is 4.93. The van der Waals surface area contributed by atoms with Crippen molar-refractivity contribution in [2.24, 2.45) is 4.99 Å². The second-order valence-corrected chi connectivity index (χ2v) is 9.32. The molecule has 3 aromatic rings. The maximum Gasteiger partial charge on any atom is 0.286 e. The Bertz CT molecular complexity index is 1230. The van der Waals surface area contributed by atoms with Crippen LogP contribution in [0.1, 0.15) is 19.4 Å². The highest BCUT2D eigenvalue weighted by Gasteiger charge is 2.28. The summed E-state index contributed by atoms with van der Waals surface area (Å²) < 4.78 is 13.1. The normalized spacial score (nSPS) is 17.5. The molecule has 174 valence electrons. The SMILES string of the molecule is CC(C)Oc1ccc(-c2nn(-c3ccccc3)cc2/C=C2\SC(N3CCOCC3)=NC2=O)cc1. The average molecular weight is 475 g/mol. The van der Waals surface area contributed by atoms with Crippen LogP contribution in [0.25, 0.3) is 23.0 Å². The third-order valence-electron chi connectivity index (χ3n) is 5.44. The number of para-hydroxylation sites is 1. The maximum atomic E-state index is 12.7. The molecule has 0 atom stereocenters. The number of amides is 1. The lowest BCUT2D eigenvalue weighted by Crippen LogP contribution is -2.38. The van der Waals surface area contributed by atoms with Gasteiger partial charge in [-0.25, -0.2) is 4.68 Å². The molecule has 2 aromatic carbocycles. The monoisotopic (exact) mass is 474 g/mol. The molecule has 8 heteroatoms. The summed E-state index contributed by atoms with van der Waals surface area (Å²) in [6.45, 7) is 6.80. The molecule has 0 saturated carbocycles. The lowest BCUT2D eigenvalue weighted by atomic mass is 10.1. The van der Waals surface area contributed by atoms with E-state index < -0.39 is 0 Å². The number of carbonyl (C=O) groups is 1. The first-order valence-corrected chi connectivity index (χ1v) is 12.2. The molecule has 3 heterocycles. The van der Waals surface area contributed by atoms with Crippen LogP contribution in [0.3, 0.4) is 0 Å². The number of aliphatic imine (C=N–C) groups is 1. The summed E-state index contributed by atoms with van der Waals surface area (Å²) in [4.78, 5) is 19.7. The summed E-state index contributed by atoms with van der Waals surface area (Å²) in [5.74, 6) is 0.594. The lowest BCUT2D eigenvalue weighted by molar-refractivity contribution is -0.113. The molecule has 1 amide bonds. The van der Waals surface area contributed by atoms with Gasteiger partial charge in [-0.15, -0.1) is 0 Å². The molecule has 1 aromatic heterocycles. The first kappa shape index (κ1) is 22.4. The van der Waals surface area contributed by atoms with E-state index in [0.717, 1.165) is 46.5 Å². The van der Waals surface area contributed by atoms with Gasteiger partial charge >= 0.3 is 0 Å². The van der Waals surface area contributed by atoms with E-state index in [-0.39, 0.29) is 12.0 Å². The van der Waals surface area contributed by atoms with Gasteiger partial charge in [0.25, 0.3) is 5.91 Å². The van der Waals surface area contributed by atoms with Gasteiger partial charge in [-0.05, 0) is 68.1 Å². The van der Waals surface area contributed by atoms with E-state index in [9.17, 15) is 4.79 Å². The van der Waals surface area contributed by atoms with Crippen molar-refractivity contribution in [3.63, 3.8) is 0 Å². The highest BCUT2D eigenvalue weighted by molar-refractivity contribution is 8.18. The van der Waals surface area contributed by atoms with Crippen LogP contribution < -0.4 is 4.74 Å². The number of carbonyl (C=O) groups excluding carboxylic acids is 1. The van der Waals surface area contributed by atoms with Crippen molar-refractivity contribution in [1.29, 1.82) is 0 Å². The predicted octanol–water partition coefficient (Wildman–Crippen LogP) is 4.63. The number of ether oxygens (including phenoxy) is 2. The zero-order valence-corrected chi connectivity index (χ0v) is 20.0. The van der Waals surface area contributed by atoms with Gasteiger partial charge in [0.1, 0.15) is 5.75 Å². The number of amidine groups is 1. The molecule has 7 nitrogen and oxygen atoms in total. The molecule has 5 rings (SSSR count). The van der Waals surface area contributed by atoms with Gasteiger partial charge in [0.2, 0.25) is 0 Å². The van der Waals surface area contributed by atoms with E-state index in [0.29, 0.717) is 18.1 Å². The number of hydrogen-bond donors (Lipinski definition) is 0. The number of hydrogen-bond acceptors (Lipinski definition) is 6. The molecule has 0 spiro atoms. The Morgan fingerprint density at radius 1 is 1.06 bits per heavy atom. The number of nitrogens with zero attached hydrogens (tertiary/aromatic N) is 4. The van der Waals surface area contributed by atoms with Crippen molar-refractivity contribution in [3.05, 3.63) is 71.3 Å². The Balaban J connectivity index is 1.48. The Hall–Kier alpha value is -3.36. The second-order valence-electron chi connectivity index (χ2n) is 8.31. The summed E-state index contributed by atoms with van der Waals surface area (Å²) in [5.41, 5.74) is 3.54. The highest BCUT2D eigenvalue weighted by atomic mass is 32.2. The topological polar surface area (TPSA) is 68.9 Å². The fraction of sp³-hybridized carbons (Fsp3) is 0.269. The smallest absolute Gasteiger partial charge is 0.286 e. The van der Waals surface area contributed by atoms with Crippen LogP contribution in [-0.4, -0.2) is 58.2 Å². The molecule has 1 saturated heterocycles. The summed E-state index contributed by atoms with van der Waals surface area (Å²) in [6, 6.07) is 17.8. The van der Waals surface area contributed by atoms with Crippen LogP contribution in [0.4, 0.5) is 0 Å². The minimum absolute atomic E-state index is 0.106. The van der Waals surface area contributed by atoms with Gasteiger partial charge in [-0.1, -0.05) is 18.2 Å². The van der Waals surface area contributed by atoms with Crippen molar-refractivity contribution in [2.45, 2.75) is 20.0 Å².